The first-order valence-electron chi connectivity index (χ1n) is 7.18. The molecule has 0 bridgehead atoms. The van der Waals surface area contributed by atoms with E-state index >= 15 is 0 Å². The summed E-state index contributed by atoms with van der Waals surface area (Å²) in [6, 6.07) is 15.2. The maximum atomic E-state index is 10.9. The van der Waals surface area contributed by atoms with E-state index in [1.54, 1.807) is 6.07 Å². The van der Waals surface area contributed by atoms with Crippen LogP contribution in [0.4, 0.5) is 0 Å². The lowest BCUT2D eigenvalue weighted by Gasteiger charge is -2.11. The number of carbonyl (C=O) groups is 1. The highest BCUT2D eigenvalue weighted by Gasteiger charge is 2.18. The van der Waals surface area contributed by atoms with Crippen LogP contribution in [0.5, 0.6) is 0 Å². The highest BCUT2D eigenvalue weighted by Crippen LogP contribution is 2.31. The number of aromatic nitrogens is 3. The maximum absolute atomic E-state index is 10.9. The lowest BCUT2D eigenvalue weighted by atomic mass is 10.2. The molecule has 0 amide bonds. The summed E-state index contributed by atoms with van der Waals surface area (Å²) in [5, 5.41) is 18.4. The van der Waals surface area contributed by atoms with Gasteiger partial charge in [0.05, 0.1) is 10.8 Å². The number of hydrogen-bond acceptors (Lipinski definition) is 4. The van der Waals surface area contributed by atoms with Gasteiger partial charge in [0.1, 0.15) is 0 Å². The van der Waals surface area contributed by atoms with E-state index in [-0.39, 0.29) is 5.75 Å². The van der Waals surface area contributed by atoms with Gasteiger partial charge in [-0.25, -0.2) is 0 Å². The molecule has 24 heavy (non-hydrogen) atoms. The van der Waals surface area contributed by atoms with Gasteiger partial charge in [-0.3, -0.25) is 9.36 Å². The molecule has 0 aliphatic rings. The van der Waals surface area contributed by atoms with Crippen LogP contribution in [0.3, 0.4) is 0 Å². The third-order valence-corrected chi connectivity index (χ3v) is 4.61. The quantitative estimate of drug-likeness (QED) is 0.695. The van der Waals surface area contributed by atoms with Gasteiger partial charge in [0.25, 0.3) is 0 Å². The zero-order chi connectivity index (χ0) is 17.1. The van der Waals surface area contributed by atoms with Crippen molar-refractivity contribution in [3.05, 3.63) is 59.1 Å². The molecule has 3 rings (SSSR count). The van der Waals surface area contributed by atoms with Crippen molar-refractivity contribution in [2.24, 2.45) is 0 Å². The van der Waals surface area contributed by atoms with Crippen molar-refractivity contribution in [1.29, 1.82) is 0 Å². The summed E-state index contributed by atoms with van der Waals surface area (Å²) in [6.07, 6.45) is 0. The van der Waals surface area contributed by atoms with Crippen molar-refractivity contribution in [1.82, 2.24) is 14.8 Å². The Balaban J connectivity index is 2.14. The van der Waals surface area contributed by atoms with E-state index in [1.807, 2.05) is 54.0 Å². The first-order valence-corrected chi connectivity index (χ1v) is 8.54. The molecule has 0 unspecified atom stereocenters. The molecule has 122 valence electrons. The number of rotatable bonds is 5. The molecule has 1 aromatic heterocycles. The Hall–Kier alpha value is -2.31. The lowest BCUT2D eigenvalue weighted by Crippen LogP contribution is -2.03. The molecule has 1 heterocycles. The predicted molar refractivity (Wildman–Crippen MR) is 94.9 cm³/mol. The van der Waals surface area contributed by atoms with Crippen molar-refractivity contribution in [2.45, 2.75) is 12.1 Å². The van der Waals surface area contributed by atoms with E-state index in [0.717, 1.165) is 28.6 Å². The highest BCUT2D eigenvalue weighted by atomic mass is 35.5. The molecule has 0 saturated heterocycles. The Morgan fingerprint density at radius 3 is 2.54 bits per heavy atom. The van der Waals surface area contributed by atoms with Crippen LogP contribution in [0.25, 0.3) is 17.1 Å². The smallest absolute Gasteiger partial charge is 0.313 e. The number of halogens is 1. The van der Waals surface area contributed by atoms with Crippen LogP contribution < -0.4 is 0 Å². The zero-order valence-corrected chi connectivity index (χ0v) is 14.4. The summed E-state index contributed by atoms with van der Waals surface area (Å²) in [5.41, 5.74) is 2.73. The van der Waals surface area contributed by atoms with Crippen LogP contribution in [0, 0.1) is 6.92 Å². The Kier molecular flexibility index (Phi) is 4.87. The molecule has 0 aliphatic heterocycles. The normalized spacial score (nSPS) is 10.8. The molecule has 3 aromatic rings. The number of carboxylic acid groups (broad SMARTS) is 1. The lowest BCUT2D eigenvalue weighted by molar-refractivity contribution is -0.133. The fourth-order valence-electron chi connectivity index (χ4n) is 2.23. The van der Waals surface area contributed by atoms with E-state index in [2.05, 4.69) is 10.2 Å². The largest absolute Gasteiger partial charge is 0.481 e. The summed E-state index contributed by atoms with van der Waals surface area (Å²) in [6.45, 7) is 2.00. The zero-order valence-electron chi connectivity index (χ0n) is 12.8. The van der Waals surface area contributed by atoms with Crippen molar-refractivity contribution < 1.29 is 9.90 Å². The number of benzene rings is 2. The minimum Gasteiger partial charge on any atom is -0.481 e. The molecular formula is C17H14ClN3O2S. The summed E-state index contributed by atoms with van der Waals surface area (Å²) in [5.74, 6) is -0.415. The van der Waals surface area contributed by atoms with Crippen LogP contribution in [0.15, 0.2) is 53.7 Å². The van der Waals surface area contributed by atoms with E-state index in [0.29, 0.717) is 16.0 Å². The molecular weight excluding hydrogens is 346 g/mol. The second kappa shape index (κ2) is 7.07. The second-order valence-corrected chi connectivity index (χ2v) is 6.49. The number of hydrogen-bond donors (Lipinski definition) is 1. The topological polar surface area (TPSA) is 68.0 Å². The van der Waals surface area contributed by atoms with Gasteiger partial charge < -0.3 is 5.11 Å². The molecule has 0 aliphatic carbocycles. The van der Waals surface area contributed by atoms with Gasteiger partial charge >= 0.3 is 5.97 Å². The number of carboxylic acids is 1. The Bertz CT molecular complexity index is 878. The van der Waals surface area contributed by atoms with Crippen LogP contribution in [0.2, 0.25) is 5.02 Å². The number of aryl methyl sites for hydroxylation is 1. The molecule has 5 nitrogen and oxygen atoms in total. The van der Waals surface area contributed by atoms with Crippen LogP contribution in [0.1, 0.15) is 5.56 Å². The van der Waals surface area contributed by atoms with Crippen molar-refractivity contribution in [3.8, 4) is 17.1 Å². The number of nitrogens with zero attached hydrogens (tertiary/aromatic N) is 3. The van der Waals surface area contributed by atoms with Gasteiger partial charge in [0, 0.05) is 11.3 Å². The van der Waals surface area contributed by atoms with Gasteiger partial charge in [-0.1, -0.05) is 53.2 Å². The van der Waals surface area contributed by atoms with E-state index in [1.165, 1.54) is 0 Å². The van der Waals surface area contributed by atoms with Gasteiger partial charge in [-0.2, -0.15) is 0 Å². The second-order valence-electron chi connectivity index (χ2n) is 5.14. The number of aliphatic carboxylic acids is 1. The average Bonchev–Trinajstić information content (AvgIpc) is 2.98. The monoisotopic (exact) mass is 359 g/mol. The Morgan fingerprint density at radius 1 is 1.17 bits per heavy atom. The van der Waals surface area contributed by atoms with E-state index < -0.39 is 5.97 Å². The van der Waals surface area contributed by atoms with Crippen molar-refractivity contribution in [3.63, 3.8) is 0 Å². The summed E-state index contributed by atoms with van der Waals surface area (Å²) in [4.78, 5) is 10.9. The number of thioether (sulfide) groups is 1. The first-order chi connectivity index (χ1) is 11.6. The SMILES string of the molecule is Cc1ccc(-n2c(SCC(=O)O)nnc2-c2ccccc2Cl)cc1. The highest BCUT2D eigenvalue weighted by molar-refractivity contribution is 7.99. The Labute approximate surface area is 148 Å². The Morgan fingerprint density at radius 2 is 1.88 bits per heavy atom. The average molecular weight is 360 g/mol. The fourth-order valence-corrected chi connectivity index (χ4v) is 3.13. The molecule has 2 aromatic carbocycles. The minimum absolute atomic E-state index is 0.0908. The molecule has 7 heteroatoms. The predicted octanol–water partition coefficient (Wildman–Crippen LogP) is 4.07. The molecule has 0 radical (unpaired) electrons. The summed E-state index contributed by atoms with van der Waals surface area (Å²) in [7, 11) is 0. The molecule has 0 atom stereocenters. The summed E-state index contributed by atoms with van der Waals surface area (Å²) < 4.78 is 1.83. The first kappa shape index (κ1) is 16.5. The molecule has 0 fully saturated rings. The maximum Gasteiger partial charge on any atom is 0.313 e. The summed E-state index contributed by atoms with van der Waals surface area (Å²) >= 11 is 7.42. The van der Waals surface area contributed by atoms with E-state index in [9.17, 15) is 4.79 Å². The van der Waals surface area contributed by atoms with Crippen molar-refractivity contribution in [2.75, 3.05) is 5.75 Å². The van der Waals surface area contributed by atoms with Crippen molar-refractivity contribution >= 4 is 29.3 Å². The van der Waals surface area contributed by atoms with Crippen LogP contribution in [-0.2, 0) is 4.79 Å². The molecule has 0 spiro atoms. The van der Waals surface area contributed by atoms with Crippen LogP contribution >= 0.6 is 23.4 Å². The molecule has 1 N–H and O–H groups in total. The van der Waals surface area contributed by atoms with Gasteiger partial charge in [-0.05, 0) is 31.2 Å². The van der Waals surface area contributed by atoms with Gasteiger partial charge in [-0.15, -0.1) is 10.2 Å². The minimum atomic E-state index is -0.905. The van der Waals surface area contributed by atoms with Crippen LogP contribution in [-0.4, -0.2) is 31.6 Å². The molecule has 0 saturated carbocycles. The third kappa shape index (κ3) is 3.44. The van der Waals surface area contributed by atoms with Gasteiger partial charge in [0.15, 0.2) is 11.0 Å². The van der Waals surface area contributed by atoms with Gasteiger partial charge in [0.2, 0.25) is 0 Å². The third-order valence-electron chi connectivity index (χ3n) is 3.37. The standard InChI is InChI=1S/C17H14ClN3O2S/c1-11-6-8-12(9-7-11)21-16(13-4-2-3-5-14(13)18)19-20-17(21)24-10-15(22)23/h2-9H,10H2,1H3,(H,22,23). The van der Waals surface area contributed by atoms with E-state index in [4.69, 9.17) is 16.7 Å². The fraction of sp³-hybridized carbons (Fsp3) is 0.118.